The van der Waals surface area contributed by atoms with Gasteiger partial charge < -0.3 is 9.80 Å². The molecule has 0 atom stereocenters. The maximum Gasteiger partial charge on any atom is 0.0543 e. The standard InChI is InChI=1S/C48H37IN2S/c1-32-15-14-20-35(29-32)51(44-27-28-46(52-49)39-23-12-10-21-37(39)44)36-25-26-41-42(30-36)48(2,3)43-31-45(38-22-11-13-24-40(38)47(41)43)50(33-16-6-4-7-17-33)34-18-8-5-9-19-34/h4-31H,1-3H3. The molecule has 9 rings (SSSR count). The van der Waals surface area contributed by atoms with Gasteiger partial charge in [0.05, 0.1) is 11.4 Å². The van der Waals surface area contributed by atoms with Gasteiger partial charge in [-0.15, -0.1) is 0 Å². The number of nitrogens with zero attached hydrogens (tertiary/aromatic N) is 2. The van der Waals surface area contributed by atoms with Crippen molar-refractivity contribution in [2.75, 3.05) is 9.80 Å². The Hall–Kier alpha value is -5.04. The maximum absolute atomic E-state index is 2.46. The van der Waals surface area contributed by atoms with Crippen LogP contribution in [-0.2, 0) is 5.41 Å². The van der Waals surface area contributed by atoms with E-state index in [0.29, 0.717) is 0 Å². The quantitative estimate of drug-likeness (QED) is 0.148. The molecule has 8 aromatic rings. The monoisotopic (exact) mass is 800 g/mol. The molecule has 0 amide bonds. The van der Waals surface area contributed by atoms with E-state index in [-0.39, 0.29) is 5.41 Å². The van der Waals surface area contributed by atoms with Gasteiger partial charge in [-0.1, -0.05) is 126 Å². The minimum atomic E-state index is -0.249. The summed E-state index contributed by atoms with van der Waals surface area (Å²) >= 11 is 2.40. The van der Waals surface area contributed by atoms with Gasteiger partial charge in [0.2, 0.25) is 0 Å². The summed E-state index contributed by atoms with van der Waals surface area (Å²) in [4.78, 5) is 6.14. The van der Waals surface area contributed by atoms with Crippen molar-refractivity contribution in [3.8, 4) is 11.1 Å². The van der Waals surface area contributed by atoms with Crippen molar-refractivity contribution in [2.45, 2.75) is 31.1 Å². The number of aryl methyl sites for hydroxylation is 1. The zero-order valence-electron chi connectivity index (χ0n) is 29.3. The van der Waals surface area contributed by atoms with Crippen molar-refractivity contribution in [3.05, 3.63) is 187 Å². The second-order valence-electron chi connectivity index (χ2n) is 14.1. The number of hydrogen-bond acceptors (Lipinski definition) is 3. The van der Waals surface area contributed by atoms with Crippen molar-refractivity contribution in [1.29, 1.82) is 0 Å². The number of halogens is 1. The van der Waals surface area contributed by atoms with Crippen LogP contribution in [0.2, 0.25) is 0 Å². The van der Waals surface area contributed by atoms with E-state index < -0.39 is 0 Å². The van der Waals surface area contributed by atoms with E-state index in [1.165, 1.54) is 65.6 Å². The fourth-order valence-electron chi connectivity index (χ4n) is 8.17. The number of benzene rings is 8. The molecule has 52 heavy (non-hydrogen) atoms. The summed E-state index contributed by atoms with van der Waals surface area (Å²) in [6.07, 6.45) is 0. The largest absolute Gasteiger partial charge is 0.310 e. The average molecular weight is 801 g/mol. The van der Waals surface area contributed by atoms with Crippen molar-refractivity contribution in [2.24, 2.45) is 0 Å². The van der Waals surface area contributed by atoms with Crippen LogP contribution in [0.4, 0.5) is 34.1 Å². The lowest BCUT2D eigenvalue weighted by Gasteiger charge is -2.30. The molecule has 4 heteroatoms. The second-order valence-corrected chi connectivity index (χ2v) is 16.0. The van der Waals surface area contributed by atoms with Gasteiger partial charge in [-0.05, 0) is 112 Å². The van der Waals surface area contributed by atoms with Gasteiger partial charge in [0.1, 0.15) is 0 Å². The van der Waals surface area contributed by atoms with Crippen LogP contribution >= 0.6 is 30.1 Å². The van der Waals surface area contributed by atoms with Crippen LogP contribution < -0.4 is 9.80 Å². The van der Waals surface area contributed by atoms with E-state index in [2.05, 4.69) is 222 Å². The van der Waals surface area contributed by atoms with Gasteiger partial charge in [0.15, 0.2) is 0 Å². The molecule has 1 aliphatic rings. The molecule has 1 aliphatic carbocycles. The number of anilines is 6. The smallest absolute Gasteiger partial charge is 0.0543 e. The van der Waals surface area contributed by atoms with E-state index in [0.717, 1.165) is 22.7 Å². The van der Waals surface area contributed by atoms with Crippen LogP contribution in [-0.4, -0.2) is 0 Å². The first kappa shape index (κ1) is 32.8. The number of rotatable bonds is 7. The minimum absolute atomic E-state index is 0.249. The zero-order chi connectivity index (χ0) is 35.4. The molecule has 8 aromatic carbocycles. The predicted octanol–water partition coefficient (Wildman–Crippen LogP) is 15.0. The maximum atomic E-state index is 2.46. The molecule has 0 spiro atoms. The summed E-state index contributed by atoms with van der Waals surface area (Å²) in [7, 11) is 1.77. The van der Waals surface area contributed by atoms with Gasteiger partial charge in [0.25, 0.3) is 0 Å². The van der Waals surface area contributed by atoms with E-state index in [1.807, 2.05) is 0 Å². The first-order chi connectivity index (χ1) is 25.4. The lowest BCUT2D eigenvalue weighted by atomic mass is 9.81. The first-order valence-corrected chi connectivity index (χ1v) is 21.1. The number of hydrogen-bond donors (Lipinski definition) is 0. The average Bonchev–Trinajstić information content (AvgIpc) is 3.41. The molecule has 0 aromatic heterocycles. The molecule has 0 radical (unpaired) electrons. The van der Waals surface area contributed by atoms with Gasteiger partial charge >= 0.3 is 0 Å². The van der Waals surface area contributed by atoms with Gasteiger partial charge in [-0.2, -0.15) is 0 Å². The summed E-state index contributed by atoms with van der Waals surface area (Å²) < 4.78 is 0. The lowest BCUT2D eigenvalue weighted by Crippen LogP contribution is -2.18. The number of fused-ring (bicyclic) bond motifs is 6. The zero-order valence-corrected chi connectivity index (χ0v) is 32.3. The first-order valence-electron chi connectivity index (χ1n) is 17.7. The summed E-state index contributed by atoms with van der Waals surface area (Å²) in [5.41, 5.74) is 13.3. The van der Waals surface area contributed by atoms with Crippen molar-refractivity contribution >= 4 is 85.8 Å². The molecule has 0 bridgehead atoms. The molecule has 0 unspecified atom stereocenters. The fourth-order valence-corrected chi connectivity index (χ4v) is 9.70. The fraction of sp³-hybridized carbons (Fsp3) is 0.0833. The third-order valence-electron chi connectivity index (χ3n) is 10.6. The Bertz CT molecular complexity index is 2580. The van der Waals surface area contributed by atoms with Crippen LogP contribution in [0.3, 0.4) is 0 Å². The van der Waals surface area contributed by atoms with Crippen LogP contribution in [0.1, 0.15) is 30.5 Å². The van der Waals surface area contributed by atoms with E-state index >= 15 is 0 Å². The van der Waals surface area contributed by atoms with Gasteiger partial charge in [-0.25, -0.2) is 0 Å². The van der Waals surface area contributed by atoms with Crippen LogP contribution in [0.25, 0.3) is 32.7 Å². The van der Waals surface area contributed by atoms with Crippen molar-refractivity contribution in [3.63, 3.8) is 0 Å². The predicted molar refractivity (Wildman–Crippen MR) is 233 cm³/mol. The van der Waals surface area contributed by atoms with Crippen molar-refractivity contribution in [1.82, 2.24) is 0 Å². The Kier molecular flexibility index (Phi) is 8.32. The minimum Gasteiger partial charge on any atom is -0.310 e. The second kappa shape index (κ2) is 13.2. The highest BCUT2D eigenvalue weighted by Crippen LogP contribution is 2.56. The Labute approximate surface area is 322 Å². The number of para-hydroxylation sites is 2. The molecule has 0 saturated heterocycles. The van der Waals surface area contributed by atoms with E-state index in [4.69, 9.17) is 0 Å². The Morgan fingerprint density at radius 3 is 1.67 bits per heavy atom. The molecule has 0 aliphatic heterocycles. The summed E-state index contributed by atoms with van der Waals surface area (Å²) in [6, 6.07) is 62.3. The van der Waals surface area contributed by atoms with Crippen LogP contribution in [0.5, 0.6) is 0 Å². The third-order valence-corrected chi connectivity index (χ3v) is 12.6. The van der Waals surface area contributed by atoms with Crippen molar-refractivity contribution < 1.29 is 0 Å². The van der Waals surface area contributed by atoms with E-state index in [1.54, 1.807) is 8.93 Å². The topological polar surface area (TPSA) is 6.48 Å². The molecule has 0 fully saturated rings. The highest BCUT2D eigenvalue weighted by atomic mass is 127. The Balaban J connectivity index is 1.27. The Morgan fingerprint density at radius 2 is 1.02 bits per heavy atom. The molecule has 0 N–H and O–H groups in total. The van der Waals surface area contributed by atoms with Gasteiger partial charge in [0, 0.05) is 65.0 Å². The molecule has 0 heterocycles. The highest BCUT2D eigenvalue weighted by molar-refractivity contribution is 14.2. The molecular weight excluding hydrogens is 764 g/mol. The van der Waals surface area contributed by atoms with Gasteiger partial charge in [-0.3, -0.25) is 0 Å². The lowest BCUT2D eigenvalue weighted by molar-refractivity contribution is 0.661. The molecular formula is C48H37IN2S. The van der Waals surface area contributed by atoms with Crippen LogP contribution in [0.15, 0.2) is 175 Å². The molecule has 2 nitrogen and oxygen atoms in total. The van der Waals surface area contributed by atoms with E-state index in [9.17, 15) is 0 Å². The summed E-state index contributed by atoms with van der Waals surface area (Å²) in [5, 5.41) is 5.03. The highest BCUT2D eigenvalue weighted by Gasteiger charge is 2.38. The molecule has 0 saturated carbocycles. The SMILES string of the molecule is Cc1cccc(N(c2ccc3c(c2)C(C)(C)c2cc(N(c4ccccc4)c4ccccc4)c4ccccc4c2-3)c2ccc(SI)c3ccccc23)c1. The Morgan fingerprint density at radius 1 is 0.462 bits per heavy atom. The molecule has 252 valence electrons. The normalized spacial score (nSPS) is 12.8. The summed E-state index contributed by atoms with van der Waals surface area (Å²) in [5.74, 6) is 0. The summed E-state index contributed by atoms with van der Waals surface area (Å²) in [6.45, 7) is 6.97. The third kappa shape index (κ3) is 5.39. The van der Waals surface area contributed by atoms with Crippen LogP contribution in [0, 0.1) is 6.92 Å².